The molecule has 0 heterocycles. The summed E-state index contributed by atoms with van der Waals surface area (Å²) in [6, 6.07) is 2.49. The fraction of sp³-hybridized carbons (Fsp3) is 0.417. The highest BCUT2D eigenvalue weighted by atomic mass is 19.4. The molecule has 0 radical (unpaired) electrons. The molecule has 0 aliphatic rings. The summed E-state index contributed by atoms with van der Waals surface area (Å²) in [6.07, 6.45) is -4.56. The molecule has 1 aromatic carbocycles. The van der Waals surface area contributed by atoms with Crippen molar-refractivity contribution in [3.05, 3.63) is 35.1 Å². The molecule has 0 unspecified atom stereocenters. The lowest BCUT2D eigenvalue weighted by Crippen LogP contribution is -2.21. The zero-order valence-electron chi connectivity index (χ0n) is 10.2. The number of rotatable bonds is 5. The molecule has 106 valence electrons. The van der Waals surface area contributed by atoms with Crippen LogP contribution in [0.25, 0.3) is 0 Å². The van der Waals surface area contributed by atoms with Crippen molar-refractivity contribution in [3.63, 3.8) is 0 Å². The van der Waals surface area contributed by atoms with Crippen LogP contribution in [-0.2, 0) is 22.3 Å². The molecule has 1 rings (SSSR count). The molecule has 19 heavy (non-hydrogen) atoms. The van der Waals surface area contributed by atoms with Crippen LogP contribution < -0.4 is 5.32 Å². The average molecular weight is 279 g/mol. The number of carbonyl (C=O) groups is 1. The Kier molecular flexibility index (Phi) is 5.29. The lowest BCUT2D eigenvalue weighted by molar-refractivity contribution is -0.141. The van der Waals surface area contributed by atoms with Crippen LogP contribution >= 0.6 is 0 Å². The van der Waals surface area contributed by atoms with Crippen molar-refractivity contribution in [2.45, 2.75) is 19.1 Å². The lowest BCUT2D eigenvalue weighted by Gasteiger charge is -2.13. The molecule has 0 saturated heterocycles. The molecule has 1 aromatic rings. The number of carbonyl (C=O) groups excluding carboxylic acids is 1. The van der Waals surface area contributed by atoms with E-state index in [1.165, 1.54) is 7.11 Å². The lowest BCUT2D eigenvalue weighted by atomic mass is 10.1. The molecule has 0 atom stereocenters. The second kappa shape index (κ2) is 6.51. The van der Waals surface area contributed by atoms with Gasteiger partial charge in [-0.3, -0.25) is 4.79 Å². The molecule has 0 aliphatic carbocycles. The largest absolute Gasteiger partial charge is 0.469 e. The van der Waals surface area contributed by atoms with Gasteiger partial charge in [0, 0.05) is 13.1 Å². The maximum absolute atomic E-state index is 12.8. The normalized spacial score (nSPS) is 11.4. The summed E-state index contributed by atoms with van der Waals surface area (Å²) in [5, 5.41) is 2.68. The number of ether oxygens (including phenoxy) is 1. The number of hydrogen-bond donors (Lipinski definition) is 1. The zero-order chi connectivity index (χ0) is 14.5. The van der Waals surface area contributed by atoms with Gasteiger partial charge < -0.3 is 10.1 Å². The molecular formula is C12H13F4NO2. The minimum absolute atomic E-state index is 0.0546. The minimum atomic E-state index is -4.61. The monoisotopic (exact) mass is 279 g/mol. The van der Waals surface area contributed by atoms with Gasteiger partial charge >= 0.3 is 12.1 Å². The standard InChI is InChI=1S/C12H13F4NO2/c1-19-11(18)4-5-17-7-8-2-3-9(13)6-10(8)12(14,15)16/h2-3,6,17H,4-5,7H2,1H3. The molecule has 7 heteroatoms. The first-order chi connectivity index (χ1) is 8.84. The summed E-state index contributed by atoms with van der Waals surface area (Å²) >= 11 is 0. The Morgan fingerprint density at radius 1 is 1.37 bits per heavy atom. The van der Waals surface area contributed by atoms with Crippen molar-refractivity contribution in [3.8, 4) is 0 Å². The Bertz CT molecular complexity index is 446. The van der Waals surface area contributed by atoms with Crippen LogP contribution in [0.5, 0.6) is 0 Å². The van der Waals surface area contributed by atoms with Crippen LogP contribution in [0.15, 0.2) is 18.2 Å². The first-order valence-electron chi connectivity index (χ1n) is 5.47. The molecule has 0 aromatic heterocycles. The number of hydrogen-bond acceptors (Lipinski definition) is 3. The molecule has 0 bridgehead atoms. The van der Waals surface area contributed by atoms with Crippen molar-refractivity contribution in [2.24, 2.45) is 0 Å². The quantitative estimate of drug-likeness (QED) is 0.511. The smallest absolute Gasteiger partial charge is 0.416 e. The fourth-order valence-corrected chi connectivity index (χ4v) is 1.48. The van der Waals surface area contributed by atoms with Gasteiger partial charge in [0.25, 0.3) is 0 Å². The molecule has 0 spiro atoms. The van der Waals surface area contributed by atoms with E-state index in [-0.39, 0.29) is 25.1 Å². The first kappa shape index (κ1) is 15.4. The third-order valence-electron chi connectivity index (χ3n) is 2.43. The average Bonchev–Trinajstić information content (AvgIpc) is 2.34. The topological polar surface area (TPSA) is 38.3 Å². The number of methoxy groups -OCH3 is 1. The van der Waals surface area contributed by atoms with Crippen LogP contribution in [0.2, 0.25) is 0 Å². The highest BCUT2D eigenvalue weighted by Crippen LogP contribution is 2.32. The van der Waals surface area contributed by atoms with Gasteiger partial charge in [0.2, 0.25) is 0 Å². The van der Waals surface area contributed by atoms with Crippen LogP contribution in [0.3, 0.4) is 0 Å². The van der Waals surface area contributed by atoms with Crippen molar-refractivity contribution in [1.29, 1.82) is 0 Å². The van der Waals surface area contributed by atoms with Gasteiger partial charge in [0.15, 0.2) is 0 Å². The SMILES string of the molecule is COC(=O)CCNCc1ccc(F)cc1C(F)(F)F. The summed E-state index contributed by atoms with van der Waals surface area (Å²) in [4.78, 5) is 10.8. The number of nitrogens with one attached hydrogen (secondary N) is 1. The van der Waals surface area contributed by atoms with E-state index in [1.807, 2.05) is 0 Å². The highest BCUT2D eigenvalue weighted by Gasteiger charge is 2.33. The Hall–Kier alpha value is -1.63. The molecule has 3 nitrogen and oxygen atoms in total. The molecule has 0 aliphatic heterocycles. The van der Waals surface area contributed by atoms with Crippen molar-refractivity contribution in [1.82, 2.24) is 5.32 Å². The van der Waals surface area contributed by atoms with Gasteiger partial charge in [-0.2, -0.15) is 13.2 Å². The Balaban J connectivity index is 2.66. The van der Waals surface area contributed by atoms with Crippen LogP contribution in [0.1, 0.15) is 17.5 Å². The maximum atomic E-state index is 12.8. The van der Waals surface area contributed by atoms with Crippen molar-refractivity contribution < 1.29 is 27.1 Å². The number of esters is 1. The minimum Gasteiger partial charge on any atom is -0.469 e. The molecule has 0 amide bonds. The summed E-state index contributed by atoms with van der Waals surface area (Å²) in [5.74, 6) is -1.40. The Labute approximate surface area is 107 Å². The van der Waals surface area contributed by atoms with Gasteiger partial charge in [-0.05, 0) is 17.7 Å². The third-order valence-corrected chi connectivity index (χ3v) is 2.43. The zero-order valence-corrected chi connectivity index (χ0v) is 10.2. The molecule has 0 saturated carbocycles. The van der Waals surface area contributed by atoms with Gasteiger partial charge in [0.1, 0.15) is 5.82 Å². The summed E-state index contributed by atoms with van der Waals surface area (Å²) in [7, 11) is 1.23. The van der Waals surface area contributed by atoms with E-state index in [1.54, 1.807) is 0 Å². The van der Waals surface area contributed by atoms with Crippen LogP contribution in [0.4, 0.5) is 17.6 Å². The van der Waals surface area contributed by atoms with Crippen molar-refractivity contribution >= 4 is 5.97 Å². The summed E-state index contributed by atoms with van der Waals surface area (Å²) in [5.41, 5.74) is -1.09. The summed E-state index contributed by atoms with van der Waals surface area (Å²) < 4.78 is 55.2. The van der Waals surface area contributed by atoms with Gasteiger partial charge in [0.05, 0.1) is 19.1 Å². The fourth-order valence-electron chi connectivity index (χ4n) is 1.48. The van der Waals surface area contributed by atoms with E-state index in [2.05, 4.69) is 10.1 Å². The number of benzene rings is 1. The predicted octanol–water partition coefficient (Wildman–Crippen LogP) is 2.50. The first-order valence-corrected chi connectivity index (χ1v) is 5.47. The Morgan fingerprint density at radius 2 is 2.05 bits per heavy atom. The predicted molar refractivity (Wildman–Crippen MR) is 59.7 cm³/mol. The van der Waals surface area contributed by atoms with Crippen LogP contribution in [-0.4, -0.2) is 19.6 Å². The second-order valence-corrected chi connectivity index (χ2v) is 3.80. The van der Waals surface area contributed by atoms with E-state index in [0.717, 1.165) is 12.1 Å². The highest BCUT2D eigenvalue weighted by molar-refractivity contribution is 5.69. The van der Waals surface area contributed by atoms with Crippen LogP contribution in [0, 0.1) is 5.82 Å². The van der Waals surface area contributed by atoms with E-state index in [4.69, 9.17) is 0 Å². The Morgan fingerprint density at radius 3 is 2.63 bits per heavy atom. The van der Waals surface area contributed by atoms with Crippen molar-refractivity contribution in [2.75, 3.05) is 13.7 Å². The molecule has 0 fully saturated rings. The molecule has 1 N–H and O–H groups in total. The number of alkyl halides is 3. The van der Waals surface area contributed by atoms with Gasteiger partial charge in [-0.25, -0.2) is 4.39 Å². The second-order valence-electron chi connectivity index (χ2n) is 3.80. The number of halogens is 4. The molecular weight excluding hydrogens is 266 g/mol. The summed E-state index contributed by atoms with van der Waals surface area (Å²) in [6.45, 7) is 0.0768. The van der Waals surface area contributed by atoms with E-state index < -0.39 is 23.5 Å². The van der Waals surface area contributed by atoms with E-state index in [0.29, 0.717) is 6.07 Å². The maximum Gasteiger partial charge on any atom is 0.416 e. The third kappa shape index (κ3) is 4.86. The van der Waals surface area contributed by atoms with Gasteiger partial charge in [-0.15, -0.1) is 0 Å². The van der Waals surface area contributed by atoms with E-state index in [9.17, 15) is 22.4 Å². The van der Waals surface area contributed by atoms with Gasteiger partial charge in [-0.1, -0.05) is 6.07 Å². The van der Waals surface area contributed by atoms with E-state index >= 15 is 0 Å².